The Labute approximate surface area is 193 Å². The number of rotatable bonds is 6. The summed E-state index contributed by atoms with van der Waals surface area (Å²) in [4.78, 5) is 15.2. The zero-order valence-corrected chi connectivity index (χ0v) is 19.6. The highest BCUT2D eigenvalue weighted by Gasteiger charge is 2.28. The van der Waals surface area contributed by atoms with E-state index < -0.39 is 10.0 Å². The minimum Gasteiger partial charge on any atom is -0.308 e. The van der Waals surface area contributed by atoms with E-state index in [2.05, 4.69) is 5.10 Å². The van der Waals surface area contributed by atoms with Crippen molar-refractivity contribution in [3.8, 4) is 5.69 Å². The van der Waals surface area contributed by atoms with Crippen molar-refractivity contribution in [3.63, 3.8) is 0 Å². The number of anilines is 1. The molecule has 1 aliphatic heterocycles. The normalized spacial score (nSPS) is 13.9. The maximum Gasteiger partial charge on any atom is 0.261 e. The second kappa shape index (κ2) is 9.05. The minimum absolute atomic E-state index is 0.168. The number of aryl methyl sites for hydroxylation is 1. The van der Waals surface area contributed by atoms with Crippen molar-refractivity contribution in [2.45, 2.75) is 31.6 Å². The summed E-state index contributed by atoms with van der Waals surface area (Å²) in [5.41, 5.74) is 2.83. The fourth-order valence-electron chi connectivity index (χ4n) is 4.01. The van der Waals surface area contributed by atoms with Crippen LogP contribution in [0.3, 0.4) is 0 Å². The molecule has 0 saturated heterocycles. The summed E-state index contributed by atoms with van der Waals surface area (Å²) in [6, 6.07) is 12.3. The number of carbonyl (C=O) groups is 1. The number of nitrogens with zero attached hydrogens (tertiary/aromatic N) is 4. The first-order chi connectivity index (χ1) is 15.3. The van der Waals surface area contributed by atoms with Crippen LogP contribution < -0.4 is 4.90 Å². The van der Waals surface area contributed by atoms with Crippen LogP contribution in [0.2, 0.25) is 5.02 Å². The Morgan fingerprint density at radius 3 is 2.66 bits per heavy atom. The lowest BCUT2D eigenvalue weighted by molar-refractivity contribution is 0.0985. The predicted octanol–water partition coefficient (Wildman–Crippen LogP) is 4.15. The van der Waals surface area contributed by atoms with Crippen molar-refractivity contribution in [1.29, 1.82) is 0 Å². The Kier molecular flexibility index (Phi) is 6.37. The number of carbonyl (C=O) groups excluding carboxylic acids is 1. The maximum atomic E-state index is 13.3. The molecule has 0 spiro atoms. The number of hydrogen-bond acceptors (Lipinski definition) is 4. The van der Waals surface area contributed by atoms with Crippen LogP contribution in [0.15, 0.2) is 59.8 Å². The number of benzene rings is 2. The van der Waals surface area contributed by atoms with Crippen LogP contribution in [-0.2, 0) is 16.4 Å². The van der Waals surface area contributed by atoms with Gasteiger partial charge in [-0.15, -0.1) is 0 Å². The maximum absolute atomic E-state index is 13.3. The Morgan fingerprint density at radius 1 is 1.16 bits per heavy atom. The molecule has 7 nitrogen and oxygen atoms in total. The smallest absolute Gasteiger partial charge is 0.261 e. The highest BCUT2D eigenvalue weighted by Crippen LogP contribution is 2.31. The van der Waals surface area contributed by atoms with Crippen molar-refractivity contribution >= 4 is 33.2 Å². The van der Waals surface area contributed by atoms with Crippen LogP contribution in [-0.4, -0.2) is 48.0 Å². The second-order valence-corrected chi connectivity index (χ2v) is 9.97. The first-order valence-electron chi connectivity index (χ1n) is 10.6. The fourth-order valence-corrected chi connectivity index (χ4v) is 5.70. The van der Waals surface area contributed by atoms with E-state index in [4.69, 9.17) is 11.6 Å². The van der Waals surface area contributed by atoms with Gasteiger partial charge < -0.3 is 4.90 Å². The molecule has 1 amide bonds. The van der Waals surface area contributed by atoms with Crippen molar-refractivity contribution in [3.05, 3.63) is 71.0 Å². The average Bonchev–Trinajstić information content (AvgIpc) is 3.29. The van der Waals surface area contributed by atoms with Gasteiger partial charge in [0.25, 0.3) is 5.91 Å². The summed E-state index contributed by atoms with van der Waals surface area (Å²) >= 11 is 6.06. The van der Waals surface area contributed by atoms with Gasteiger partial charge in [0.05, 0.1) is 22.3 Å². The summed E-state index contributed by atoms with van der Waals surface area (Å²) in [5.74, 6) is -0.168. The average molecular weight is 473 g/mol. The lowest BCUT2D eigenvalue weighted by Crippen LogP contribution is -2.36. The van der Waals surface area contributed by atoms with Crippen LogP contribution in [0.25, 0.3) is 5.69 Å². The summed E-state index contributed by atoms with van der Waals surface area (Å²) < 4.78 is 28.9. The SMILES string of the molecule is CCN(CC)S(=O)(=O)c1ccc2c(c1)CCCN2C(=O)c1cnn(-c2cccc(Cl)c2)c1. The zero-order valence-electron chi connectivity index (χ0n) is 18.0. The molecule has 0 aliphatic carbocycles. The number of hydrogen-bond donors (Lipinski definition) is 0. The Bertz CT molecular complexity index is 1250. The molecule has 0 saturated carbocycles. The van der Waals surface area contributed by atoms with Gasteiger partial charge in [-0.05, 0) is 54.8 Å². The molecule has 4 rings (SSSR count). The van der Waals surface area contributed by atoms with Crippen molar-refractivity contribution < 1.29 is 13.2 Å². The monoisotopic (exact) mass is 472 g/mol. The van der Waals surface area contributed by atoms with Crippen LogP contribution in [0.5, 0.6) is 0 Å². The molecule has 9 heteroatoms. The summed E-state index contributed by atoms with van der Waals surface area (Å²) in [7, 11) is -3.55. The number of halogens is 1. The van der Waals surface area contributed by atoms with E-state index in [1.54, 1.807) is 46.1 Å². The van der Waals surface area contributed by atoms with E-state index >= 15 is 0 Å². The second-order valence-electron chi connectivity index (χ2n) is 7.59. The molecule has 2 heterocycles. The summed E-state index contributed by atoms with van der Waals surface area (Å²) in [6.45, 7) is 5.04. The zero-order chi connectivity index (χ0) is 22.9. The third-order valence-electron chi connectivity index (χ3n) is 5.66. The van der Waals surface area contributed by atoms with Gasteiger partial charge >= 0.3 is 0 Å². The third kappa shape index (κ3) is 4.18. The molecule has 1 aliphatic rings. The first-order valence-corrected chi connectivity index (χ1v) is 12.4. The van der Waals surface area contributed by atoms with Gasteiger partial charge in [-0.3, -0.25) is 4.79 Å². The lowest BCUT2D eigenvalue weighted by atomic mass is 10.0. The van der Waals surface area contributed by atoms with Gasteiger partial charge in [-0.2, -0.15) is 9.40 Å². The number of aromatic nitrogens is 2. The fraction of sp³-hybridized carbons (Fsp3) is 0.304. The van der Waals surface area contributed by atoms with E-state index in [-0.39, 0.29) is 10.8 Å². The molecular weight excluding hydrogens is 448 g/mol. The Balaban J connectivity index is 1.63. The van der Waals surface area contributed by atoms with Gasteiger partial charge in [-0.1, -0.05) is 31.5 Å². The van der Waals surface area contributed by atoms with E-state index in [9.17, 15) is 13.2 Å². The first kappa shape index (κ1) is 22.5. The highest BCUT2D eigenvalue weighted by atomic mass is 35.5. The number of amides is 1. The number of sulfonamides is 1. The third-order valence-corrected chi connectivity index (χ3v) is 7.94. The summed E-state index contributed by atoms with van der Waals surface area (Å²) in [6.07, 6.45) is 4.70. The molecule has 0 atom stereocenters. The van der Waals surface area contributed by atoms with Gasteiger partial charge in [0, 0.05) is 36.5 Å². The molecule has 1 aromatic heterocycles. The van der Waals surface area contributed by atoms with Crippen molar-refractivity contribution in [1.82, 2.24) is 14.1 Å². The van der Waals surface area contributed by atoms with Crippen LogP contribution >= 0.6 is 11.6 Å². The van der Waals surface area contributed by atoms with Crippen LogP contribution in [0, 0.1) is 0 Å². The molecule has 2 aromatic carbocycles. The van der Waals surface area contributed by atoms with E-state index in [1.807, 2.05) is 26.0 Å². The molecule has 0 bridgehead atoms. The highest BCUT2D eigenvalue weighted by molar-refractivity contribution is 7.89. The lowest BCUT2D eigenvalue weighted by Gasteiger charge is -2.30. The van der Waals surface area contributed by atoms with Gasteiger partial charge in [0.1, 0.15) is 0 Å². The molecule has 0 fully saturated rings. The van der Waals surface area contributed by atoms with E-state index in [1.165, 1.54) is 10.5 Å². The molecule has 0 unspecified atom stereocenters. The van der Waals surface area contributed by atoms with Gasteiger partial charge in [-0.25, -0.2) is 13.1 Å². The molecule has 32 heavy (non-hydrogen) atoms. The predicted molar refractivity (Wildman–Crippen MR) is 125 cm³/mol. The largest absolute Gasteiger partial charge is 0.308 e. The Hall–Kier alpha value is -2.68. The Morgan fingerprint density at radius 2 is 1.94 bits per heavy atom. The minimum atomic E-state index is -3.55. The molecule has 0 radical (unpaired) electrons. The van der Waals surface area contributed by atoms with Gasteiger partial charge in [0.2, 0.25) is 10.0 Å². The quantitative estimate of drug-likeness (QED) is 0.540. The molecular formula is C23H25ClN4O3S. The summed E-state index contributed by atoms with van der Waals surface area (Å²) in [5, 5.41) is 4.90. The molecule has 0 N–H and O–H groups in total. The topological polar surface area (TPSA) is 75.5 Å². The standard InChI is InChI=1S/C23H25ClN4O3S/c1-3-26(4-2)32(30,31)21-10-11-22-17(13-21)7-6-12-27(22)23(29)18-15-25-28(16-18)20-9-5-8-19(24)14-20/h5,8-11,13-16H,3-4,6-7,12H2,1-2H3. The van der Waals surface area contributed by atoms with Gasteiger partial charge in [0.15, 0.2) is 0 Å². The molecule has 168 valence electrons. The number of fused-ring (bicyclic) bond motifs is 1. The van der Waals surface area contributed by atoms with Crippen molar-refractivity contribution in [2.24, 2.45) is 0 Å². The van der Waals surface area contributed by atoms with Crippen LogP contribution in [0.4, 0.5) is 5.69 Å². The van der Waals surface area contributed by atoms with Crippen LogP contribution in [0.1, 0.15) is 36.2 Å². The van der Waals surface area contributed by atoms with Crippen molar-refractivity contribution in [2.75, 3.05) is 24.5 Å². The van der Waals surface area contributed by atoms with E-state index in [0.717, 1.165) is 29.8 Å². The van der Waals surface area contributed by atoms with E-state index in [0.29, 0.717) is 30.2 Å². The molecule has 3 aromatic rings.